The van der Waals surface area contributed by atoms with Crippen LogP contribution < -0.4 is 4.74 Å². The van der Waals surface area contributed by atoms with Gasteiger partial charge in [0.15, 0.2) is 16.4 Å². The van der Waals surface area contributed by atoms with Crippen LogP contribution in [-0.2, 0) is 20.0 Å². The van der Waals surface area contributed by atoms with E-state index in [0.717, 1.165) is 13.1 Å². The van der Waals surface area contributed by atoms with Crippen molar-refractivity contribution >= 4 is 15.7 Å². The fourth-order valence-electron chi connectivity index (χ4n) is 3.69. The highest BCUT2D eigenvalue weighted by Crippen LogP contribution is 2.24. The molecule has 1 aromatic rings. The van der Waals surface area contributed by atoms with Gasteiger partial charge < -0.3 is 9.64 Å². The normalized spacial score (nSPS) is 23.4. The molecule has 3 rings (SSSR count). The summed E-state index contributed by atoms with van der Waals surface area (Å²) in [5.74, 6) is 1.23. The van der Waals surface area contributed by atoms with Gasteiger partial charge in [-0.25, -0.2) is 8.42 Å². The predicted octanol–water partition coefficient (Wildman–Crippen LogP) is 1.69. The molecule has 0 N–H and O–H groups in total. The Kier molecular flexibility index (Phi) is 5.82. The molecule has 0 radical (unpaired) electrons. The molecule has 0 unspecified atom stereocenters. The number of piperazine rings is 1. The monoisotopic (exact) mass is 394 g/mol. The third-order valence-corrected chi connectivity index (χ3v) is 7.22. The summed E-state index contributed by atoms with van der Waals surface area (Å²) in [4.78, 5) is 16.4. The number of carbonyl (C=O) groups is 1. The summed E-state index contributed by atoms with van der Waals surface area (Å²) in [6.45, 7) is 9.22. The van der Waals surface area contributed by atoms with Gasteiger partial charge in [-0.15, -0.1) is 0 Å². The molecule has 2 fully saturated rings. The summed E-state index contributed by atoms with van der Waals surface area (Å²) in [5.41, 5.74) is 1.32. The first-order valence-electron chi connectivity index (χ1n) is 9.60. The van der Waals surface area contributed by atoms with Gasteiger partial charge in [-0.05, 0) is 29.5 Å². The van der Waals surface area contributed by atoms with Crippen LogP contribution in [0.25, 0.3) is 0 Å². The first kappa shape index (κ1) is 20.1. The van der Waals surface area contributed by atoms with Crippen molar-refractivity contribution in [3.8, 4) is 5.75 Å². The van der Waals surface area contributed by atoms with E-state index >= 15 is 0 Å². The lowest BCUT2D eigenvalue weighted by atomic mass is 9.87. The molecule has 0 aromatic heterocycles. The van der Waals surface area contributed by atoms with E-state index in [1.54, 1.807) is 0 Å². The van der Waals surface area contributed by atoms with E-state index in [1.165, 1.54) is 5.56 Å². The van der Waals surface area contributed by atoms with Crippen molar-refractivity contribution in [2.75, 3.05) is 44.3 Å². The zero-order valence-corrected chi connectivity index (χ0v) is 17.3. The van der Waals surface area contributed by atoms with Crippen molar-refractivity contribution in [1.82, 2.24) is 9.80 Å². The van der Waals surface area contributed by atoms with E-state index in [0.29, 0.717) is 31.0 Å². The number of carbonyl (C=O) groups excluding carboxylic acids is 1. The third kappa shape index (κ3) is 5.23. The van der Waals surface area contributed by atoms with Gasteiger partial charge in [-0.3, -0.25) is 9.69 Å². The Labute approximate surface area is 162 Å². The molecule has 2 saturated heterocycles. The van der Waals surface area contributed by atoms with Crippen LogP contribution in [0.5, 0.6) is 5.75 Å². The Hall–Kier alpha value is -1.60. The molecule has 6 nitrogen and oxygen atoms in total. The summed E-state index contributed by atoms with van der Waals surface area (Å²) in [6, 6.07) is 8.01. The molecular formula is C20H30N2O4S. The summed E-state index contributed by atoms with van der Waals surface area (Å²) in [7, 11) is -2.87. The van der Waals surface area contributed by atoms with Gasteiger partial charge in [-0.2, -0.15) is 0 Å². The molecule has 2 aliphatic heterocycles. The van der Waals surface area contributed by atoms with Crippen molar-refractivity contribution in [2.45, 2.75) is 38.6 Å². The lowest BCUT2D eigenvalue weighted by Gasteiger charge is -2.37. The molecule has 2 heterocycles. The predicted molar refractivity (Wildman–Crippen MR) is 106 cm³/mol. The molecule has 1 aromatic carbocycles. The maximum atomic E-state index is 12.4. The summed E-state index contributed by atoms with van der Waals surface area (Å²) in [5, 5.41) is 0. The van der Waals surface area contributed by atoms with Crippen molar-refractivity contribution in [1.29, 1.82) is 0 Å². The van der Waals surface area contributed by atoms with Crippen LogP contribution in [0.3, 0.4) is 0 Å². The topological polar surface area (TPSA) is 66.9 Å². The highest BCUT2D eigenvalue weighted by Gasteiger charge is 2.34. The molecule has 1 amide bonds. The molecule has 0 saturated carbocycles. The summed E-state index contributed by atoms with van der Waals surface area (Å²) >= 11 is 0. The zero-order chi connectivity index (χ0) is 19.7. The van der Waals surface area contributed by atoms with Gasteiger partial charge >= 0.3 is 0 Å². The van der Waals surface area contributed by atoms with Gasteiger partial charge in [0.05, 0.1) is 11.5 Å². The lowest BCUT2D eigenvalue weighted by Crippen LogP contribution is -2.53. The number of amides is 1. The first-order valence-corrected chi connectivity index (χ1v) is 11.4. The minimum Gasteiger partial charge on any atom is -0.484 e. The number of nitrogens with zero attached hydrogens (tertiary/aromatic N) is 2. The van der Waals surface area contributed by atoms with E-state index in [2.05, 4.69) is 25.7 Å². The number of ether oxygens (including phenoxy) is 1. The van der Waals surface area contributed by atoms with Gasteiger partial charge in [-0.1, -0.05) is 32.9 Å². The number of benzene rings is 1. The van der Waals surface area contributed by atoms with Gasteiger partial charge in [0, 0.05) is 32.2 Å². The fraction of sp³-hybridized carbons (Fsp3) is 0.650. The minimum atomic E-state index is -2.87. The molecule has 2 aliphatic rings. The second-order valence-corrected chi connectivity index (χ2v) is 10.8. The Balaban J connectivity index is 1.44. The molecule has 0 bridgehead atoms. The van der Waals surface area contributed by atoms with Crippen molar-refractivity contribution in [2.24, 2.45) is 0 Å². The standard InChI is InChI=1S/C20H30N2O4S/c1-20(2,3)16-4-6-18(7-5-16)26-14-19(23)22-11-9-21(10-12-22)17-8-13-27(24,25)15-17/h4-7,17H,8-15H2,1-3H3/t17-/m0/s1. The summed E-state index contributed by atoms with van der Waals surface area (Å²) in [6.07, 6.45) is 0.712. The quantitative estimate of drug-likeness (QED) is 0.778. The molecule has 0 aliphatic carbocycles. The molecular weight excluding hydrogens is 364 g/mol. The highest BCUT2D eigenvalue weighted by atomic mass is 32.2. The lowest BCUT2D eigenvalue weighted by molar-refractivity contribution is -0.135. The fourth-order valence-corrected chi connectivity index (χ4v) is 5.45. The average Bonchev–Trinajstić information content (AvgIpc) is 2.99. The second-order valence-electron chi connectivity index (χ2n) is 8.54. The maximum absolute atomic E-state index is 12.4. The Morgan fingerprint density at radius 2 is 1.74 bits per heavy atom. The summed E-state index contributed by atoms with van der Waals surface area (Å²) < 4.78 is 28.9. The van der Waals surface area contributed by atoms with Crippen LogP contribution in [0.15, 0.2) is 24.3 Å². The van der Waals surface area contributed by atoms with Crippen molar-refractivity contribution in [3.05, 3.63) is 29.8 Å². The van der Waals surface area contributed by atoms with E-state index in [-0.39, 0.29) is 29.7 Å². The van der Waals surface area contributed by atoms with Crippen molar-refractivity contribution in [3.63, 3.8) is 0 Å². The number of sulfone groups is 1. The van der Waals surface area contributed by atoms with Gasteiger partial charge in [0.2, 0.25) is 0 Å². The number of hydrogen-bond acceptors (Lipinski definition) is 5. The molecule has 0 spiro atoms. The third-order valence-electron chi connectivity index (χ3n) is 5.47. The smallest absolute Gasteiger partial charge is 0.260 e. The molecule has 7 heteroatoms. The SMILES string of the molecule is CC(C)(C)c1ccc(OCC(=O)N2CCN([C@H]3CCS(=O)(=O)C3)CC2)cc1. The van der Waals surface area contributed by atoms with Crippen LogP contribution in [0.4, 0.5) is 0 Å². The number of hydrogen-bond donors (Lipinski definition) is 0. The van der Waals surface area contributed by atoms with Crippen LogP contribution in [0.1, 0.15) is 32.8 Å². The molecule has 1 atom stereocenters. The van der Waals surface area contributed by atoms with Crippen LogP contribution in [-0.4, -0.2) is 74.5 Å². The van der Waals surface area contributed by atoms with Crippen LogP contribution >= 0.6 is 0 Å². The zero-order valence-electron chi connectivity index (χ0n) is 16.5. The minimum absolute atomic E-state index is 0.0198. The first-order chi connectivity index (χ1) is 12.6. The average molecular weight is 395 g/mol. The van der Waals surface area contributed by atoms with Gasteiger partial charge in [0.1, 0.15) is 5.75 Å². The van der Waals surface area contributed by atoms with E-state index < -0.39 is 9.84 Å². The molecule has 150 valence electrons. The maximum Gasteiger partial charge on any atom is 0.260 e. The van der Waals surface area contributed by atoms with E-state index in [1.807, 2.05) is 29.2 Å². The number of rotatable bonds is 4. The largest absolute Gasteiger partial charge is 0.484 e. The Morgan fingerprint density at radius 1 is 1.11 bits per heavy atom. The van der Waals surface area contributed by atoms with E-state index in [4.69, 9.17) is 4.74 Å². The van der Waals surface area contributed by atoms with Crippen molar-refractivity contribution < 1.29 is 17.9 Å². The highest BCUT2D eigenvalue weighted by molar-refractivity contribution is 7.91. The van der Waals surface area contributed by atoms with Crippen LogP contribution in [0, 0.1) is 0 Å². The Morgan fingerprint density at radius 3 is 2.26 bits per heavy atom. The second kappa shape index (κ2) is 7.80. The Bertz CT molecular complexity index is 760. The molecule has 27 heavy (non-hydrogen) atoms. The van der Waals surface area contributed by atoms with E-state index in [9.17, 15) is 13.2 Å². The van der Waals surface area contributed by atoms with Crippen LogP contribution in [0.2, 0.25) is 0 Å². The van der Waals surface area contributed by atoms with Gasteiger partial charge in [0.25, 0.3) is 5.91 Å².